The SMILES string of the molecule is O=C1C[C@H](NC(=O)[C@@H]2CCCN3CCC[C@H](NC(=O)c4ccccc4)C(=O)N23)CO1. The molecule has 3 saturated heterocycles. The number of ether oxygens (including phenoxy) is 1. The van der Waals surface area contributed by atoms with E-state index >= 15 is 0 Å². The Labute approximate surface area is 174 Å². The van der Waals surface area contributed by atoms with E-state index in [4.69, 9.17) is 4.74 Å². The van der Waals surface area contributed by atoms with E-state index in [0.717, 1.165) is 12.8 Å². The molecule has 160 valence electrons. The van der Waals surface area contributed by atoms with Crippen LogP contribution in [-0.2, 0) is 19.1 Å². The second kappa shape index (κ2) is 8.83. The fourth-order valence-corrected chi connectivity index (χ4v) is 4.28. The second-order valence-electron chi connectivity index (χ2n) is 7.92. The van der Waals surface area contributed by atoms with Gasteiger partial charge in [0, 0.05) is 18.7 Å². The molecule has 0 aromatic heterocycles. The van der Waals surface area contributed by atoms with Gasteiger partial charge >= 0.3 is 5.97 Å². The highest BCUT2D eigenvalue weighted by Crippen LogP contribution is 2.24. The highest BCUT2D eigenvalue weighted by molar-refractivity contribution is 5.98. The van der Waals surface area contributed by atoms with E-state index in [2.05, 4.69) is 10.6 Å². The molecule has 30 heavy (non-hydrogen) atoms. The smallest absolute Gasteiger partial charge is 0.308 e. The van der Waals surface area contributed by atoms with Gasteiger partial charge in [-0.05, 0) is 37.8 Å². The number of amides is 3. The first kappa shape index (κ1) is 20.3. The molecule has 3 fully saturated rings. The van der Waals surface area contributed by atoms with Gasteiger partial charge in [0.25, 0.3) is 11.8 Å². The first-order valence-corrected chi connectivity index (χ1v) is 10.4. The minimum Gasteiger partial charge on any atom is -0.463 e. The highest BCUT2D eigenvalue weighted by atomic mass is 16.5. The normalized spacial score (nSPS) is 27.1. The second-order valence-corrected chi connectivity index (χ2v) is 7.92. The van der Waals surface area contributed by atoms with Crippen LogP contribution in [0.5, 0.6) is 0 Å². The van der Waals surface area contributed by atoms with Gasteiger partial charge in [-0.1, -0.05) is 18.2 Å². The van der Waals surface area contributed by atoms with Crippen molar-refractivity contribution >= 4 is 23.7 Å². The molecule has 3 amide bonds. The number of cyclic esters (lactones) is 1. The van der Waals surface area contributed by atoms with Crippen LogP contribution in [0, 0.1) is 0 Å². The van der Waals surface area contributed by atoms with Crippen molar-refractivity contribution in [2.24, 2.45) is 0 Å². The van der Waals surface area contributed by atoms with Crippen molar-refractivity contribution < 1.29 is 23.9 Å². The molecule has 3 aliphatic heterocycles. The zero-order chi connectivity index (χ0) is 21.1. The third-order valence-corrected chi connectivity index (χ3v) is 5.78. The number of nitrogens with zero attached hydrogens (tertiary/aromatic N) is 2. The number of benzene rings is 1. The Kier molecular flexibility index (Phi) is 5.98. The molecule has 0 saturated carbocycles. The third kappa shape index (κ3) is 4.30. The van der Waals surface area contributed by atoms with Crippen LogP contribution in [0.4, 0.5) is 0 Å². The largest absolute Gasteiger partial charge is 0.463 e. The van der Waals surface area contributed by atoms with E-state index in [0.29, 0.717) is 31.5 Å². The van der Waals surface area contributed by atoms with E-state index in [9.17, 15) is 19.2 Å². The maximum absolute atomic E-state index is 13.4. The van der Waals surface area contributed by atoms with Crippen LogP contribution in [0.15, 0.2) is 30.3 Å². The molecular weight excluding hydrogens is 388 g/mol. The lowest BCUT2D eigenvalue weighted by Crippen LogP contribution is -2.63. The van der Waals surface area contributed by atoms with Gasteiger partial charge < -0.3 is 15.4 Å². The number of nitrogens with one attached hydrogen (secondary N) is 2. The quantitative estimate of drug-likeness (QED) is 0.683. The zero-order valence-corrected chi connectivity index (χ0v) is 16.7. The molecule has 1 aromatic carbocycles. The average molecular weight is 414 g/mol. The molecule has 3 atom stereocenters. The van der Waals surface area contributed by atoms with Gasteiger partial charge in [0.2, 0.25) is 5.91 Å². The Morgan fingerprint density at radius 3 is 2.43 bits per heavy atom. The van der Waals surface area contributed by atoms with Gasteiger partial charge in [-0.15, -0.1) is 0 Å². The van der Waals surface area contributed by atoms with Crippen molar-refractivity contribution in [2.75, 3.05) is 19.7 Å². The number of fused-ring (bicyclic) bond motifs is 1. The number of rotatable bonds is 4. The van der Waals surface area contributed by atoms with Crippen LogP contribution < -0.4 is 10.6 Å². The van der Waals surface area contributed by atoms with Gasteiger partial charge in [0.05, 0.1) is 12.5 Å². The van der Waals surface area contributed by atoms with E-state index in [1.807, 2.05) is 11.1 Å². The van der Waals surface area contributed by atoms with Crippen LogP contribution in [0.1, 0.15) is 42.5 Å². The van der Waals surface area contributed by atoms with Crippen LogP contribution in [-0.4, -0.2) is 71.5 Å². The van der Waals surface area contributed by atoms with Crippen LogP contribution in [0.25, 0.3) is 0 Å². The standard InChI is InChI=1S/C21H26N4O5/c26-18-12-15(13-30-18)22-20(28)17-9-5-11-24-10-4-8-16(21(29)25(17)24)23-19(27)14-6-2-1-3-7-14/h1-3,6-7,15-17H,4-5,8-13H2,(H,22,28)(H,23,27)/t15-,16-,17-/m0/s1. The van der Waals surface area contributed by atoms with Crippen molar-refractivity contribution in [1.82, 2.24) is 20.7 Å². The summed E-state index contributed by atoms with van der Waals surface area (Å²) in [5.74, 6) is -1.19. The topological polar surface area (TPSA) is 108 Å². The van der Waals surface area contributed by atoms with Gasteiger partial charge in [-0.3, -0.25) is 24.2 Å². The predicted octanol–water partition coefficient (Wildman–Crippen LogP) is 0.219. The zero-order valence-electron chi connectivity index (χ0n) is 16.7. The van der Waals surface area contributed by atoms with Crippen molar-refractivity contribution in [3.63, 3.8) is 0 Å². The summed E-state index contributed by atoms with van der Waals surface area (Å²) in [5.41, 5.74) is 0.491. The minimum absolute atomic E-state index is 0.145. The number of hydrogen-bond donors (Lipinski definition) is 2. The van der Waals surface area contributed by atoms with Gasteiger partial charge in [0.15, 0.2) is 0 Å². The van der Waals surface area contributed by atoms with Gasteiger partial charge in [-0.2, -0.15) is 0 Å². The summed E-state index contributed by atoms with van der Waals surface area (Å²) < 4.78 is 4.91. The molecule has 2 N–H and O–H groups in total. The molecular formula is C21H26N4O5. The highest BCUT2D eigenvalue weighted by Gasteiger charge is 2.42. The number of esters is 1. The van der Waals surface area contributed by atoms with Crippen molar-refractivity contribution in [3.8, 4) is 0 Å². The Balaban J connectivity index is 1.48. The summed E-state index contributed by atoms with van der Waals surface area (Å²) in [5, 5.41) is 9.13. The van der Waals surface area contributed by atoms with Crippen LogP contribution in [0.3, 0.4) is 0 Å². The lowest BCUT2D eigenvalue weighted by atomic mass is 10.0. The third-order valence-electron chi connectivity index (χ3n) is 5.78. The number of carbonyl (C=O) groups is 4. The molecule has 0 spiro atoms. The lowest BCUT2D eigenvalue weighted by Gasteiger charge is -2.43. The number of hydrazine groups is 1. The van der Waals surface area contributed by atoms with E-state index in [1.165, 1.54) is 5.01 Å². The van der Waals surface area contributed by atoms with Crippen LogP contribution in [0.2, 0.25) is 0 Å². The molecule has 3 heterocycles. The molecule has 0 unspecified atom stereocenters. The van der Waals surface area contributed by atoms with Crippen molar-refractivity contribution in [3.05, 3.63) is 35.9 Å². The van der Waals surface area contributed by atoms with E-state index < -0.39 is 12.1 Å². The maximum atomic E-state index is 13.4. The van der Waals surface area contributed by atoms with E-state index in [-0.39, 0.29) is 42.8 Å². The summed E-state index contributed by atoms with van der Waals surface area (Å²) in [6, 6.07) is 7.06. The molecule has 0 bridgehead atoms. The summed E-state index contributed by atoms with van der Waals surface area (Å²) in [4.78, 5) is 50.2. The molecule has 9 heteroatoms. The maximum Gasteiger partial charge on any atom is 0.308 e. The molecule has 0 radical (unpaired) electrons. The minimum atomic E-state index is -0.688. The molecule has 4 rings (SSSR count). The Hall–Kier alpha value is -2.94. The van der Waals surface area contributed by atoms with Gasteiger partial charge in [0.1, 0.15) is 18.7 Å². The number of carbonyl (C=O) groups excluding carboxylic acids is 4. The van der Waals surface area contributed by atoms with Crippen molar-refractivity contribution in [2.45, 2.75) is 50.2 Å². The van der Waals surface area contributed by atoms with Crippen LogP contribution >= 0.6 is 0 Å². The number of hydrogen-bond acceptors (Lipinski definition) is 6. The lowest BCUT2D eigenvalue weighted by molar-refractivity contribution is -0.167. The summed E-state index contributed by atoms with van der Waals surface area (Å²) in [6.07, 6.45) is 2.73. The Morgan fingerprint density at radius 1 is 1.00 bits per heavy atom. The summed E-state index contributed by atoms with van der Waals surface area (Å²) >= 11 is 0. The van der Waals surface area contributed by atoms with Gasteiger partial charge in [-0.25, -0.2) is 5.01 Å². The molecule has 9 nitrogen and oxygen atoms in total. The fourth-order valence-electron chi connectivity index (χ4n) is 4.28. The predicted molar refractivity (Wildman–Crippen MR) is 106 cm³/mol. The Morgan fingerprint density at radius 2 is 1.73 bits per heavy atom. The van der Waals surface area contributed by atoms with E-state index in [1.54, 1.807) is 24.3 Å². The molecule has 0 aliphatic carbocycles. The summed E-state index contributed by atoms with van der Waals surface area (Å²) in [7, 11) is 0. The molecule has 3 aliphatic rings. The first-order chi connectivity index (χ1) is 14.5. The molecule has 1 aromatic rings. The Bertz CT molecular complexity index is 830. The summed E-state index contributed by atoms with van der Waals surface area (Å²) in [6.45, 7) is 1.50. The average Bonchev–Trinajstić information content (AvgIpc) is 3.09. The van der Waals surface area contributed by atoms with Crippen molar-refractivity contribution in [1.29, 1.82) is 0 Å². The fraction of sp³-hybridized carbons (Fsp3) is 0.524. The first-order valence-electron chi connectivity index (χ1n) is 10.4. The monoisotopic (exact) mass is 414 g/mol.